The van der Waals surface area contributed by atoms with E-state index in [1.54, 1.807) is 7.05 Å². The predicted octanol–water partition coefficient (Wildman–Crippen LogP) is 1.19. The molecule has 0 aromatic heterocycles. The Hall–Kier alpha value is -1.05. The van der Waals surface area contributed by atoms with Crippen LogP contribution in [0.1, 0.15) is 6.42 Å². The van der Waals surface area contributed by atoms with Gasteiger partial charge < -0.3 is 5.32 Å². The highest BCUT2D eigenvalue weighted by atomic mass is 32.2. The molecule has 1 N–H and O–H groups in total. The molecule has 19 heavy (non-hydrogen) atoms. The Morgan fingerprint density at radius 3 is 2.84 bits per heavy atom. The fraction of sp³-hybridized carbons (Fsp3) is 0.500. The van der Waals surface area contributed by atoms with Crippen molar-refractivity contribution in [3.63, 3.8) is 0 Å². The van der Waals surface area contributed by atoms with Crippen molar-refractivity contribution in [2.75, 3.05) is 26.7 Å². The van der Waals surface area contributed by atoms with Crippen LogP contribution in [0.15, 0.2) is 23.1 Å². The van der Waals surface area contributed by atoms with E-state index >= 15 is 0 Å². The van der Waals surface area contributed by atoms with Gasteiger partial charge in [0.25, 0.3) is 0 Å². The maximum atomic E-state index is 13.6. The van der Waals surface area contributed by atoms with Crippen LogP contribution in [0.3, 0.4) is 0 Å². The molecule has 0 unspecified atom stereocenters. The van der Waals surface area contributed by atoms with Gasteiger partial charge in [-0.3, -0.25) is 0 Å². The van der Waals surface area contributed by atoms with Crippen LogP contribution in [-0.4, -0.2) is 39.4 Å². The average Bonchev–Trinajstić information content (AvgIpc) is 2.82. The summed E-state index contributed by atoms with van der Waals surface area (Å²) < 4.78 is 52.4. The van der Waals surface area contributed by atoms with Gasteiger partial charge in [0.05, 0.1) is 0 Å². The summed E-state index contributed by atoms with van der Waals surface area (Å²) in [4.78, 5) is -0.586. The summed E-state index contributed by atoms with van der Waals surface area (Å²) >= 11 is 0. The quantitative estimate of drug-likeness (QED) is 0.906. The average molecular weight is 290 g/mol. The topological polar surface area (TPSA) is 49.4 Å². The van der Waals surface area contributed by atoms with Crippen LogP contribution in [-0.2, 0) is 10.0 Å². The van der Waals surface area contributed by atoms with E-state index in [4.69, 9.17) is 0 Å². The van der Waals surface area contributed by atoms with Gasteiger partial charge in [-0.05, 0) is 44.1 Å². The highest BCUT2D eigenvalue weighted by Gasteiger charge is 2.34. The summed E-state index contributed by atoms with van der Waals surface area (Å²) in [6, 6.07) is 2.47. The SMILES string of the molecule is CNC[C@H]1CCN(S(=O)(=O)c2cc(F)ccc2F)C1. The molecule has 1 atom stereocenters. The molecule has 0 aliphatic carbocycles. The number of hydrogen-bond donors (Lipinski definition) is 1. The second-order valence-corrected chi connectivity index (χ2v) is 6.56. The van der Waals surface area contributed by atoms with Gasteiger partial charge in [-0.2, -0.15) is 4.31 Å². The van der Waals surface area contributed by atoms with E-state index in [-0.39, 0.29) is 5.92 Å². The summed E-state index contributed by atoms with van der Waals surface area (Å²) in [5.41, 5.74) is 0. The van der Waals surface area contributed by atoms with Crippen LogP contribution < -0.4 is 5.32 Å². The predicted molar refractivity (Wildman–Crippen MR) is 67.2 cm³/mol. The molecule has 2 rings (SSSR count). The molecule has 1 fully saturated rings. The van der Waals surface area contributed by atoms with E-state index in [9.17, 15) is 17.2 Å². The summed E-state index contributed by atoms with van der Waals surface area (Å²) in [6.07, 6.45) is 0.719. The van der Waals surface area contributed by atoms with Crippen LogP contribution >= 0.6 is 0 Å². The lowest BCUT2D eigenvalue weighted by molar-refractivity contribution is 0.445. The lowest BCUT2D eigenvalue weighted by Gasteiger charge is -2.17. The Bertz CT molecular complexity index is 563. The maximum Gasteiger partial charge on any atom is 0.246 e. The van der Waals surface area contributed by atoms with Crippen molar-refractivity contribution in [1.82, 2.24) is 9.62 Å². The third kappa shape index (κ3) is 2.93. The molecule has 1 aliphatic heterocycles. The van der Waals surface area contributed by atoms with E-state index in [0.29, 0.717) is 19.6 Å². The first-order valence-electron chi connectivity index (χ1n) is 6.05. The van der Waals surface area contributed by atoms with Gasteiger partial charge in [-0.25, -0.2) is 17.2 Å². The number of nitrogens with one attached hydrogen (secondary N) is 1. The number of sulfonamides is 1. The third-order valence-corrected chi connectivity index (χ3v) is 5.13. The number of nitrogens with zero attached hydrogens (tertiary/aromatic N) is 1. The summed E-state index contributed by atoms with van der Waals surface area (Å²) in [5.74, 6) is -1.47. The number of hydrogen-bond acceptors (Lipinski definition) is 3. The van der Waals surface area contributed by atoms with Crippen LogP contribution in [0.25, 0.3) is 0 Å². The minimum atomic E-state index is -3.95. The zero-order chi connectivity index (χ0) is 14.0. The summed E-state index contributed by atoms with van der Waals surface area (Å²) in [6.45, 7) is 1.38. The van der Waals surface area contributed by atoms with Crippen LogP contribution in [0.2, 0.25) is 0 Å². The summed E-state index contributed by atoms with van der Waals surface area (Å²) in [7, 11) is -2.16. The zero-order valence-corrected chi connectivity index (χ0v) is 11.4. The largest absolute Gasteiger partial charge is 0.319 e. The molecule has 1 saturated heterocycles. The second kappa shape index (κ2) is 5.52. The first kappa shape index (κ1) is 14.4. The maximum absolute atomic E-state index is 13.6. The molecule has 4 nitrogen and oxygen atoms in total. The van der Waals surface area contributed by atoms with Crippen LogP contribution in [0.4, 0.5) is 8.78 Å². The third-order valence-electron chi connectivity index (χ3n) is 3.25. The fourth-order valence-electron chi connectivity index (χ4n) is 2.28. The molecular weight excluding hydrogens is 274 g/mol. The Balaban J connectivity index is 2.26. The standard InChI is InChI=1S/C12H16F2N2O2S/c1-15-7-9-4-5-16(8-9)19(17,18)12-6-10(13)2-3-11(12)14/h2-3,6,9,15H,4-5,7-8H2,1H3/t9-/m1/s1. The fourth-order valence-corrected chi connectivity index (χ4v) is 3.89. The molecule has 106 valence electrons. The normalized spacial score (nSPS) is 20.9. The lowest BCUT2D eigenvalue weighted by atomic mass is 10.1. The Morgan fingerprint density at radius 1 is 1.42 bits per heavy atom. The number of benzene rings is 1. The minimum absolute atomic E-state index is 0.205. The molecule has 7 heteroatoms. The lowest BCUT2D eigenvalue weighted by Crippen LogP contribution is -2.31. The van der Waals surface area contributed by atoms with Gasteiger partial charge in [0.1, 0.15) is 16.5 Å². The van der Waals surface area contributed by atoms with E-state index in [1.165, 1.54) is 4.31 Å². The molecule has 1 aromatic rings. The van der Waals surface area contributed by atoms with E-state index in [2.05, 4.69) is 5.32 Å². The molecule has 1 aliphatic rings. The van der Waals surface area contributed by atoms with Gasteiger partial charge in [0.2, 0.25) is 10.0 Å². The van der Waals surface area contributed by atoms with Crippen molar-refractivity contribution in [1.29, 1.82) is 0 Å². The smallest absolute Gasteiger partial charge is 0.246 e. The Labute approximate surface area is 111 Å². The van der Waals surface area contributed by atoms with Gasteiger partial charge in [0, 0.05) is 13.1 Å². The van der Waals surface area contributed by atoms with Crippen LogP contribution in [0.5, 0.6) is 0 Å². The first-order chi connectivity index (χ1) is 8.95. The monoisotopic (exact) mass is 290 g/mol. The summed E-state index contributed by atoms with van der Waals surface area (Å²) in [5, 5.41) is 2.99. The van der Waals surface area contributed by atoms with Crippen molar-refractivity contribution in [3.05, 3.63) is 29.8 Å². The first-order valence-corrected chi connectivity index (χ1v) is 7.49. The molecule has 0 saturated carbocycles. The van der Waals surface area contributed by atoms with Crippen molar-refractivity contribution < 1.29 is 17.2 Å². The molecule has 0 bridgehead atoms. The number of halogens is 2. The Kier molecular flexibility index (Phi) is 4.17. The van der Waals surface area contributed by atoms with Gasteiger partial charge in [-0.1, -0.05) is 0 Å². The minimum Gasteiger partial charge on any atom is -0.319 e. The van der Waals surface area contributed by atoms with Crippen molar-refractivity contribution in [2.24, 2.45) is 5.92 Å². The zero-order valence-electron chi connectivity index (χ0n) is 10.6. The van der Waals surface area contributed by atoms with Gasteiger partial charge in [-0.15, -0.1) is 0 Å². The highest BCUT2D eigenvalue weighted by molar-refractivity contribution is 7.89. The van der Waals surface area contributed by atoms with Gasteiger partial charge >= 0.3 is 0 Å². The molecule has 1 aromatic carbocycles. The molecule has 0 spiro atoms. The molecule has 1 heterocycles. The van der Waals surface area contributed by atoms with Crippen molar-refractivity contribution in [3.8, 4) is 0 Å². The highest BCUT2D eigenvalue weighted by Crippen LogP contribution is 2.26. The molecule has 0 amide bonds. The van der Waals surface area contributed by atoms with E-state index in [1.807, 2.05) is 0 Å². The Morgan fingerprint density at radius 2 is 2.16 bits per heavy atom. The second-order valence-electron chi connectivity index (χ2n) is 4.65. The molecular formula is C12H16F2N2O2S. The molecule has 0 radical (unpaired) electrons. The van der Waals surface area contributed by atoms with Crippen LogP contribution in [0, 0.1) is 17.6 Å². The van der Waals surface area contributed by atoms with E-state index < -0.39 is 26.6 Å². The van der Waals surface area contributed by atoms with E-state index in [0.717, 1.165) is 24.6 Å². The van der Waals surface area contributed by atoms with Gasteiger partial charge in [0.15, 0.2) is 0 Å². The number of rotatable bonds is 4. The van der Waals surface area contributed by atoms with Crippen molar-refractivity contribution >= 4 is 10.0 Å². The van der Waals surface area contributed by atoms with Crippen molar-refractivity contribution in [2.45, 2.75) is 11.3 Å².